The van der Waals surface area contributed by atoms with E-state index >= 15 is 0 Å². The van der Waals surface area contributed by atoms with E-state index in [1.807, 2.05) is 0 Å². The zero-order valence-electron chi connectivity index (χ0n) is 33.6. The molecule has 0 fully saturated rings. The first-order valence-electron chi connectivity index (χ1n) is 17.0. The second-order valence-electron chi connectivity index (χ2n) is 11.5. The number of nitrogens with zero attached hydrogens (tertiary/aromatic N) is 2. The van der Waals surface area contributed by atoms with Crippen molar-refractivity contribution in [1.82, 2.24) is 9.97 Å². The Morgan fingerprint density at radius 3 is 0.761 bits per heavy atom. The molecule has 0 bridgehead atoms. The van der Waals surface area contributed by atoms with Gasteiger partial charge in [0.2, 0.25) is 0 Å². The number of aromatic nitrogens is 2. The van der Waals surface area contributed by atoms with Crippen molar-refractivity contribution in [3.8, 4) is 0 Å². The third-order valence-corrected chi connectivity index (χ3v) is 13.5. The molecule has 15 nitrogen and oxygen atoms in total. The Bertz CT molecular complexity index is 2260. The molecule has 6 aromatic rings. The van der Waals surface area contributed by atoms with Gasteiger partial charge in [-0.05, 0) is 72.8 Å². The largest absolute Gasteiger partial charge is 1.00 e. The molecule has 0 saturated heterocycles. The molecule has 0 aliphatic heterocycles. The average Bonchev–Trinajstić information content (AvgIpc) is 3.24. The standard InChI is InChI=1S/C26H22P2.2C6H5NO2.2CHF3O3S.2Au.3H2O/c1-5-13-23(14-6-1)27(24-15-7-2-8-16-24)21-22-28(25-17-9-3-10-18-25)26-19-11-4-12-20-26;2*8-6(9)5-1-3-7-4-2-5;2*2-1(3,4)8(5,6)7;;;;;/h1-22H;2*1-4H,(H,8,9);2*(H,5,6,7);;;3*1H2/q;;;;;2*+1;;;/b22-21-;;;;;;;;;. The molecule has 372 valence electrons. The quantitative estimate of drug-likeness (QED) is 0.0706. The van der Waals surface area contributed by atoms with Gasteiger partial charge in [0.1, 0.15) is 32.9 Å². The molecule has 0 aliphatic rings. The first-order valence-corrected chi connectivity index (χ1v) is 22.9. The Hall–Kier alpha value is -4.52. The number of carboxylic acid groups (broad SMARTS) is 2. The molecule has 0 amide bonds. The molecule has 4 aromatic carbocycles. The zero-order valence-corrected chi connectivity index (χ0v) is 41.5. The Morgan fingerprint density at radius 2 is 0.627 bits per heavy atom. The minimum absolute atomic E-state index is 0. The van der Waals surface area contributed by atoms with E-state index < -0.39 is 59.0 Å². The van der Waals surface area contributed by atoms with Crippen molar-refractivity contribution < 1.29 is 133 Å². The third kappa shape index (κ3) is 26.6. The van der Waals surface area contributed by atoms with Crippen LogP contribution >= 0.6 is 15.8 Å². The Morgan fingerprint density at radius 1 is 0.448 bits per heavy atom. The summed E-state index contributed by atoms with van der Waals surface area (Å²) in [5.74, 6) is 3.17. The van der Waals surface area contributed by atoms with Crippen molar-refractivity contribution in [3.63, 3.8) is 0 Å². The summed E-state index contributed by atoms with van der Waals surface area (Å²) < 4.78 is 118. The molecule has 0 spiro atoms. The SMILES string of the molecule is C(=C/[PH+](c1ccccc1)c1ccccc1)/[PH+](c1ccccc1)c1ccccc1.O.O.O.O=C(O)c1ccncc1.O=C(O)c1ccncc1.O=S(=O)([O-])C(F)(F)F.O=S(=O)([O-])C(F)(F)F.[Au+].[Au+]. The summed E-state index contributed by atoms with van der Waals surface area (Å²) in [6.07, 6.45) is 5.79. The van der Waals surface area contributed by atoms with Crippen molar-refractivity contribution in [2.75, 3.05) is 0 Å². The van der Waals surface area contributed by atoms with Gasteiger partial charge >= 0.3 is 67.7 Å². The fraction of sp³-hybridized carbons (Fsp3) is 0.0500. The van der Waals surface area contributed by atoms with Crippen LogP contribution in [0.3, 0.4) is 0 Å². The topological polar surface area (TPSA) is 309 Å². The van der Waals surface area contributed by atoms with Crippen LogP contribution in [0.1, 0.15) is 20.7 Å². The Balaban J connectivity index is -0.000000423. The summed E-state index contributed by atoms with van der Waals surface area (Å²) in [5.41, 5.74) is -10.8. The maximum atomic E-state index is 10.7. The van der Waals surface area contributed by atoms with Crippen LogP contribution in [0.2, 0.25) is 0 Å². The molecular weight excluding hydrogens is 1350 g/mol. The van der Waals surface area contributed by atoms with Crippen LogP contribution in [0.5, 0.6) is 0 Å². The summed E-state index contributed by atoms with van der Waals surface area (Å²) >= 11 is 0. The molecule has 0 aliphatic carbocycles. The van der Waals surface area contributed by atoms with E-state index in [1.54, 1.807) is 0 Å². The van der Waals surface area contributed by atoms with Gasteiger partial charge in [0.15, 0.2) is 20.2 Å². The van der Waals surface area contributed by atoms with Crippen molar-refractivity contribution >= 4 is 69.2 Å². The number of aromatic carboxylic acids is 2. The van der Waals surface area contributed by atoms with Gasteiger partial charge in [0, 0.05) is 24.8 Å². The van der Waals surface area contributed by atoms with Crippen molar-refractivity contribution in [1.29, 1.82) is 0 Å². The minimum Gasteiger partial charge on any atom is -0.741 e. The molecule has 8 N–H and O–H groups in total. The maximum absolute atomic E-state index is 10.7. The van der Waals surface area contributed by atoms with Crippen LogP contribution in [0.4, 0.5) is 26.3 Å². The predicted molar refractivity (Wildman–Crippen MR) is 235 cm³/mol. The second-order valence-corrected chi connectivity index (χ2v) is 18.9. The van der Waals surface area contributed by atoms with Gasteiger partial charge in [-0.15, -0.1) is 0 Å². The monoisotopic (exact) mass is 1390 g/mol. The number of carboxylic acids is 2. The van der Waals surface area contributed by atoms with E-state index in [2.05, 4.69) is 143 Å². The van der Waals surface area contributed by atoms with Gasteiger partial charge in [-0.2, -0.15) is 26.3 Å². The summed E-state index contributed by atoms with van der Waals surface area (Å²) in [7, 11) is -14.1. The van der Waals surface area contributed by atoms with Crippen LogP contribution in [0, 0.1) is 0 Å². The second kappa shape index (κ2) is 33.9. The number of carbonyl (C=O) groups is 2. The van der Waals surface area contributed by atoms with E-state index in [1.165, 1.54) is 70.3 Å². The summed E-state index contributed by atoms with van der Waals surface area (Å²) in [4.78, 5) is 27.7. The Kier molecular flexibility index (Phi) is 34.9. The molecule has 2 aromatic heterocycles. The van der Waals surface area contributed by atoms with Gasteiger partial charge in [0.05, 0.1) is 27.0 Å². The van der Waals surface area contributed by atoms with E-state index in [9.17, 15) is 35.9 Å². The summed E-state index contributed by atoms with van der Waals surface area (Å²) in [6.45, 7) is 0. The Labute approximate surface area is 414 Å². The van der Waals surface area contributed by atoms with Gasteiger partial charge in [-0.25, -0.2) is 26.4 Å². The molecule has 0 atom stereocenters. The molecule has 0 unspecified atom stereocenters. The zero-order chi connectivity index (χ0) is 46.4. The number of benzene rings is 4. The number of halogens is 6. The van der Waals surface area contributed by atoms with Crippen LogP contribution in [-0.2, 0) is 65.0 Å². The van der Waals surface area contributed by atoms with E-state index in [-0.39, 0.29) is 72.3 Å². The third-order valence-electron chi connectivity index (χ3n) is 7.18. The number of hydrogen-bond donors (Lipinski definition) is 2. The summed E-state index contributed by atoms with van der Waals surface area (Å²) in [6, 6.07) is 49.5. The number of pyridine rings is 2. The first-order chi connectivity index (χ1) is 29.0. The first kappa shape index (κ1) is 69.1. The van der Waals surface area contributed by atoms with Crippen LogP contribution in [-0.4, -0.2) is 85.5 Å². The van der Waals surface area contributed by atoms with Gasteiger partial charge in [-0.3, -0.25) is 9.97 Å². The fourth-order valence-corrected chi connectivity index (χ4v) is 9.32. The number of rotatable bonds is 8. The molecule has 2 heterocycles. The molecule has 6 rings (SSSR count). The van der Waals surface area contributed by atoms with E-state index in [0.717, 1.165) is 0 Å². The average molecular weight is 1390 g/mol. The van der Waals surface area contributed by atoms with Crippen LogP contribution < -0.4 is 21.2 Å². The van der Waals surface area contributed by atoms with E-state index in [0.29, 0.717) is 0 Å². The molecule has 27 heteroatoms. The van der Waals surface area contributed by atoms with Gasteiger partial charge in [-0.1, -0.05) is 72.8 Å². The molecule has 0 radical (unpaired) electrons. The molecule has 67 heavy (non-hydrogen) atoms. The van der Waals surface area contributed by atoms with Crippen LogP contribution in [0.15, 0.2) is 182 Å². The van der Waals surface area contributed by atoms with Crippen molar-refractivity contribution in [3.05, 3.63) is 193 Å². The smallest absolute Gasteiger partial charge is 0.741 e. The van der Waals surface area contributed by atoms with E-state index in [4.69, 9.17) is 36.2 Å². The normalized spacial score (nSPS) is 10.5. The van der Waals surface area contributed by atoms with Gasteiger partial charge < -0.3 is 35.7 Å². The number of alkyl halides is 6. The molecule has 0 saturated carbocycles. The van der Waals surface area contributed by atoms with Crippen molar-refractivity contribution in [2.24, 2.45) is 0 Å². The summed E-state index contributed by atoms with van der Waals surface area (Å²) in [5, 5.41) is 22.4. The minimum atomic E-state index is -6.09. The van der Waals surface area contributed by atoms with Crippen molar-refractivity contribution in [2.45, 2.75) is 11.0 Å². The van der Waals surface area contributed by atoms with Gasteiger partial charge in [0.25, 0.3) is 0 Å². The fourth-order valence-electron chi connectivity index (χ4n) is 4.34. The maximum Gasteiger partial charge on any atom is 1.00 e. The molecular formula is C40H40Au2F6N2O13P2S2+2. The van der Waals surface area contributed by atoms with Crippen LogP contribution in [0.25, 0.3) is 0 Å². The number of hydrogen-bond acceptors (Lipinski definition) is 10. The predicted octanol–water partition coefficient (Wildman–Crippen LogP) is 4.37.